The Bertz CT molecular complexity index is 969. The van der Waals surface area contributed by atoms with Crippen molar-refractivity contribution in [3.8, 4) is 22.6 Å². The number of ether oxygens (including phenoxy) is 1. The van der Waals surface area contributed by atoms with Gasteiger partial charge in [-0.15, -0.1) is 0 Å². The molecule has 3 aromatic carbocycles. The van der Waals surface area contributed by atoms with E-state index in [2.05, 4.69) is 15.6 Å². The van der Waals surface area contributed by atoms with Gasteiger partial charge in [-0.2, -0.15) is 0 Å². The summed E-state index contributed by atoms with van der Waals surface area (Å²) in [7, 11) is 1.65. The minimum atomic E-state index is 0.167. The third-order valence-corrected chi connectivity index (χ3v) is 4.38. The number of phenolic OH excluding ortho intramolecular Hbond substituents is 1. The highest BCUT2D eigenvalue weighted by Gasteiger charge is 2.09. The van der Waals surface area contributed by atoms with E-state index < -0.39 is 0 Å². The molecule has 5 nitrogen and oxygen atoms in total. The van der Waals surface area contributed by atoms with Crippen LogP contribution in [0.1, 0.15) is 19.4 Å². The van der Waals surface area contributed by atoms with Crippen LogP contribution in [-0.2, 0) is 6.54 Å². The van der Waals surface area contributed by atoms with E-state index >= 15 is 0 Å². The van der Waals surface area contributed by atoms with Crippen molar-refractivity contribution in [1.29, 1.82) is 0 Å². The zero-order valence-electron chi connectivity index (χ0n) is 17.0. The third-order valence-electron chi connectivity index (χ3n) is 4.38. The van der Waals surface area contributed by atoms with Crippen LogP contribution in [0.4, 0.5) is 5.69 Å². The first-order valence-electron chi connectivity index (χ1n) is 9.65. The van der Waals surface area contributed by atoms with Crippen LogP contribution in [0, 0.1) is 0 Å². The zero-order chi connectivity index (χ0) is 20.6. The van der Waals surface area contributed by atoms with Crippen LogP contribution in [0.15, 0.2) is 77.8 Å². The molecule has 0 spiro atoms. The van der Waals surface area contributed by atoms with E-state index in [1.807, 2.05) is 80.6 Å². The number of methoxy groups -OCH3 is 1. The van der Waals surface area contributed by atoms with Crippen LogP contribution in [0.5, 0.6) is 11.5 Å². The molecule has 0 bridgehead atoms. The molecular weight excluding hydrogens is 362 g/mol. The van der Waals surface area contributed by atoms with Crippen LogP contribution in [0.25, 0.3) is 11.1 Å². The van der Waals surface area contributed by atoms with Crippen molar-refractivity contribution in [1.82, 2.24) is 5.32 Å². The maximum Gasteiger partial charge on any atom is 0.196 e. The van der Waals surface area contributed by atoms with Gasteiger partial charge in [-0.1, -0.05) is 54.6 Å². The number of anilines is 1. The van der Waals surface area contributed by atoms with Gasteiger partial charge < -0.3 is 20.5 Å². The molecule has 0 amide bonds. The maximum atomic E-state index is 10.4. The number of phenols is 1. The topological polar surface area (TPSA) is 65.9 Å². The minimum Gasteiger partial charge on any atom is -0.506 e. The Labute approximate surface area is 172 Å². The second-order valence-electron chi connectivity index (χ2n) is 7.00. The van der Waals surface area contributed by atoms with Crippen LogP contribution >= 0.6 is 0 Å². The van der Waals surface area contributed by atoms with Gasteiger partial charge in [0, 0.05) is 11.6 Å². The van der Waals surface area contributed by atoms with Crippen LogP contribution in [0.3, 0.4) is 0 Å². The highest BCUT2D eigenvalue weighted by Crippen LogP contribution is 2.29. The monoisotopic (exact) mass is 389 g/mol. The van der Waals surface area contributed by atoms with Crippen LogP contribution < -0.4 is 15.4 Å². The van der Waals surface area contributed by atoms with Gasteiger partial charge in [0.1, 0.15) is 11.5 Å². The number of rotatable bonds is 6. The molecule has 0 unspecified atom stereocenters. The van der Waals surface area contributed by atoms with Crippen LogP contribution in [0.2, 0.25) is 0 Å². The summed E-state index contributed by atoms with van der Waals surface area (Å²) >= 11 is 0. The molecule has 0 aliphatic heterocycles. The highest BCUT2D eigenvalue weighted by atomic mass is 16.5. The lowest BCUT2D eigenvalue weighted by Crippen LogP contribution is -2.36. The first-order chi connectivity index (χ1) is 14.1. The molecule has 3 rings (SSSR count). The third kappa shape index (κ3) is 5.51. The normalized spacial score (nSPS) is 11.4. The molecule has 5 heteroatoms. The fourth-order valence-corrected chi connectivity index (χ4v) is 2.97. The second-order valence-corrected chi connectivity index (χ2v) is 7.00. The van der Waals surface area contributed by atoms with Crippen molar-refractivity contribution >= 4 is 11.6 Å². The lowest BCUT2D eigenvalue weighted by atomic mass is 10.0. The lowest BCUT2D eigenvalue weighted by Gasteiger charge is -2.17. The first-order valence-corrected chi connectivity index (χ1v) is 9.65. The summed E-state index contributed by atoms with van der Waals surface area (Å²) in [5.41, 5.74) is 3.68. The van der Waals surface area contributed by atoms with Crippen molar-refractivity contribution in [2.75, 3.05) is 12.4 Å². The Morgan fingerprint density at radius 3 is 2.41 bits per heavy atom. The van der Waals surface area contributed by atoms with Crippen molar-refractivity contribution in [2.45, 2.75) is 26.4 Å². The fraction of sp³-hybridized carbons (Fsp3) is 0.208. The quantitative estimate of drug-likeness (QED) is 0.314. The maximum absolute atomic E-state index is 10.4. The summed E-state index contributed by atoms with van der Waals surface area (Å²) in [6.07, 6.45) is 0. The molecule has 3 aromatic rings. The van der Waals surface area contributed by atoms with Gasteiger partial charge in [-0.05, 0) is 43.2 Å². The molecule has 0 fully saturated rings. The summed E-state index contributed by atoms with van der Waals surface area (Å²) in [5, 5.41) is 16.9. The van der Waals surface area contributed by atoms with Crippen molar-refractivity contribution in [3.05, 3.63) is 78.4 Å². The number of nitrogens with zero attached hydrogens (tertiary/aromatic N) is 1. The van der Waals surface area contributed by atoms with Gasteiger partial charge in [-0.25, -0.2) is 4.99 Å². The number of hydrogen-bond acceptors (Lipinski definition) is 3. The summed E-state index contributed by atoms with van der Waals surface area (Å²) in [4.78, 5) is 4.68. The molecule has 3 N–H and O–H groups in total. The second kappa shape index (κ2) is 9.64. The van der Waals surface area contributed by atoms with E-state index in [9.17, 15) is 5.11 Å². The summed E-state index contributed by atoms with van der Waals surface area (Å²) in [5.74, 6) is 1.56. The predicted octanol–water partition coefficient (Wildman–Crippen LogP) is 5.03. The molecule has 0 aliphatic rings. The van der Waals surface area contributed by atoms with Gasteiger partial charge in [0.25, 0.3) is 0 Å². The van der Waals surface area contributed by atoms with Crippen molar-refractivity contribution < 1.29 is 9.84 Å². The van der Waals surface area contributed by atoms with Gasteiger partial charge in [0.15, 0.2) is 5.96 Å². The Morgan fingerprint density at radius 1 is 0.966 bits per heavy atom. The number of guanidine groups is 1. The SMILES string of the molecule is COc1ccccc1CN=C(Nc1cc(-c2ccccc2)ccc1O)NC(C)C. The molecule has 0 atom stereocenters. The molecule has 0 heterocycles. The Kier molecular flexibility index (Phi) is 6.74. The van der Waals surface area contributed by atoms with E-state index in [0.29, 0.717) is 18.2 Å². The number of aromatic hydroxyl groups is 1. The van der Waals surface area contributed by atoms with E-state index in [4.69, 9.17) is 4.74 Å². The number of para-hydroxylation sites is 1. The fourth-order valence-electron chi connectivity index (χ4n) is 2.97. The van der Waals surface area contributed by atoms with Crippen molar-refractivity contribution in [3.63, 3.8) is 0 Å². The molecule has 0 saturated carbocycles. The number of hydrogen-bond donors (Lipinski definition) is 3. The average Bonchev–Trinajstić information content (AvgIpc) is 2.74. The standard InChI is InChI=1S/C24H27N3O2/c1-17(2)26-24(25-16-20-11-7-8-12-23(20)29-3)27-21-15-19(13-14-22(21)28)18-9-5-4-6-10-18/h4-15,17,28H,16H2,1-3H3,(H2,25,26,27). The smallest absolute Gasteiger partial charge is 0.196 e. The zero-order valence-corrected chi connectivity index (χ0v) is 17.0. The molecule has 150 valence electrons. The first kappa shape index (κ1) is 20.3. The summed E-state index contributed by atoms with van der Waals surface area (Å²) in [6.45, 7) is 4.53. The van der Waals surface area contributed by atoms with E-state index in [1.165, 1.54) is 0 Å². The Morgan fingerprint density at radius 2 is 1.69 bits per heavy atom. The molecule has 0 aromatic heterocycles. The Balaban J connectivity index is 1.87. The van der Waals surface area contributed by atoms with Gasteiger partial charge in [0.05, 0.1) is 19.3 Å². The average molecular weight is 389 g/mol. The van der Waals surface area contributed by atoms with E-state index in [1.54, 1.807) is 13.2 Å². The van der Waals surface area contributed by atoms with E-state index in [-0.39, 0.29) is 11.8 Å². The number of benzene rings is 3. The largest absolute Gasteiger partial charge is 0.506 e. The van der Waals surface area contributed by atoms with Crippen LogP contribution in [-0.4, -0.2) is 24.2 Å². The molecular formula is C24H27N3O2. The molecule has 0 aliphatic carbocycles. The van der Waals surface area contributed by atoms with E-state index in [0.717, 1.165) is 22.4 Å². The minimum absolute atomic E-state index is 0.167. The number of aliphatic imine (C=N–C) groups is 1. The number of nitrogens with one attached hydrogen (secondary N) is 2. The molecule has 29 heavy (non-hydrogen) atoms. The molecule has 0 radical (unpaired) electrons. The lowest BCUT2D eigenvalue weighted by molar-refractivity contribution is 0.410. The highest BCUT2D eigenvalue weighted by molar-refractivity contribution is 5.95. The summed E-state index contributed by atoms with van der Waals surface area (Å²) in [6, 6.07) is 23.6. The van der Waals surface area contributed by atoms with Crippen molar-refractivity contribution in [2.24, 2.45) is 4.99 Å². The van der Waals surface area contributed by atoms with Gasteiger partial charge in [-0.3, -0.25) is 0 Å². The van der Waals surface area contributed by atoms with Gasteiger partial charge >= 0.3 is 0 Å². The Hall–Kier alpha value is -3.47. The van der Waals surface area contributed by atoms with Gasteiger partial charge in [0.2, 0.25) is 0 Å². The summed E-state index contributed by atoms with van der Waals surface area (Å²) < 4.78 is 5.41. The predicted molar refractivity (Wildman–Crippen MR) is 120 cm³/mol. The molecule has 0 saturated heterocycles.